The van der Waals surface area contributed by atoms with Crippen LogP contribution in [0.15, 0.2) is 95.9 Å². The summed E-state index contributed by atoms with van der Waals surface area (Å²) in [6.45, 7) is 0. The monoisotopic (exact) mass is 453 g/mol. The van der Waals surface area contributed by atoms with Gasteiger partial charge in [-0.05, 0) is 6.07 Å². The van der Waals surface area contributed by atoms with Crippen LogP contribution in [0.4, 0.5) is 5.69 Å². The molecule has 2 heterocycles. The molecule has 0 bridgehead atoms. The van der Waals surface area contributed by atoms with Crippen LogP contribution in [-0.4, -0.2) is 11.7 Å². The molecule has 2 aliphatic rings. The molecule has 2 aliphatic heterocycles. The first-order valence-electron chi connectivity index (χ1n) is 10.1. The molecule has 1 spiro atoms. The van der Waals surface area contributed by atoms with Crippen LogP contribution in [0.5, 0.6) is 0 Å². The summed E-state index contributed by atoms with van der Waals surface area (Å²) in [7, 11) is 0. The molecule has 6 nitrogen and oxygen atoms in total. The van der Waals surface area contributed by atoms with E-state index in [9.17, 15) is 14.9 Å². The maximum Gasteiger partial charge on any atom is 0.245 e. The van der Waals surface area contributed by atoms with E-state index in [4.69, 9.17) is 22.1 Å². The van der Waals surface area contributed by atoms with Crippen LogP contribution in [0.3, 0.4) is 0 Å². The second kappa shape index (κ2) is 7.66. The Hall–Kier alpha value is -4.34. The van der Waals surface area contributed by atoms with Crippen LogP contribution in [-0.2, 0) is 14.9 Å². The number of hydrogen-bond acceptors (Lipinski definition) is 5. The molecular weight excluding hydrogens is 438 g/mol. The second-order valence-corrected chi connectivity index (χ2v) is 7.99. The molecule has 1 atom stereocenters. The molecule has 1 unspecified atom stereocenters. The summed E-state index contributed by atoms with van der Waals surface area (Å²) in [6.07, 6.45) is 0. The zero-order valence-electron chi connectivity index (χ0n) is 17.1. The molecule has 3 aromatic rings. The van der Waals surface area contributed by atoms with E-state index in [1.165, 1.54) is 0 Å². The van der Waals surface area contributed by atoms with Gasteiger partial charge in [0.15, 0.2) is 5.78 Å². The lowest BCUT2D eigenvalue weighted by Gasteiger charge is -2.35. The van der Waals surface area contributed by atoms with Crippen molar-refractivity contribution in [1.82, 2.24) is 0 Å². The van der Waals surface area contributed by atoms with Crippen molar-refractivity contribution < 1.29 is 14.3 Å². The number of nitrogens with two attached hydrogens (primary N) is 1. The highest BCUT2D eigenvalue weighted by molar-refractivity contribution is 6.36. The fourth-order valence-corrected chi connectivity index (χ4v) is 4.64. The number of benzene rings is 3. The Balaban J connectivity index is 1.93. The van der Waals surface area contributed by atoms with E-state index in [2.05, 4.69) is 5.32 Å². The van der Waals surface area contributed by atoms with Gasteiger partial charge in [-0.15, -0.1) is 0 Å². The topological polar surface area (TPSA) is 105 Å². The van der Waals surface area contributed by atoms with E-state index in [0.29, 0.717) is 22.4 Å². The summed E-state index contributed by atoms with van der Waals surface area (Å²) in [6, 6.07) is 24.4. The van der Waals surface area contributed by atoms with Gasteiger partial charge in [0.25, 0.3) is 0 Å². The number of ketones is 1. The molecule has 7 heteroatoms. The molecule has 3 N–H and O–H groups in total. The van der Waals surface area contributed by atoms with Gasteiger partial charge in [-0.1, -0.05) is 84.4 Å². The van der Waals surface area contributed by atoms with Crippen molar-refractivity contribution in [2.24, 2.45) is 5.73 Å². The smallest absolute Gasteiger partial charge is 0.245 e. The van der Waals surface area contributed by atoms with Crippen molar-refractivity contribution in [3.05, 3.63) is 118 Å². The summed E-state index contributed by atoms with van der Waals surface area (Å²) in [5.74, 6) is -1.19. The number of ether oxygens (including phenoxy) is 1. The number of amides is 1. The minimum absolute atomic E-state index is 0.00386. The number of carbonyl (C=O) groups is 2. The average molecular weight is 454 g/mol. The van der Waals surface area contributed by atoms with Crippen molar-refractivity contribution in [3.8, 4) is 6.07 Å². The highest BCUT2D eigenvalue weighted by atomic mass is 35.5. The predicted molar refractivity (Wildman–Crippen MR) is 124 cm³/mol. The van der Waals surface area contributed by atoms with E-state index in [1.54, 1.807) is 72.8 Å². The largest absolute Gasteiger partial charge is 0.439 e. The van der Waals surface area contributed by atoms with Crippen molar-refractivity contribution in [2.45, 2.75) is 5.41 Å². The number of halogens is 1. The minimum Gasteiger partial charge on any atom is -0.439 e. The molecule has 1 amide bonds. The van der Waals surface area contributed by atoms with Gasteiger partial charge in [-0.2, -0.15) is 5.26 Å². The van der Waals surface area contributed by atoms with Crippen molar-refractivity contribution in [3.63, 3.8) is 0 Å². The second-order valence-electron chi connectivity index (χ2n) is 7.58. The number of para-hydroxylation sites is 1. The quantitative estimate of drug-likeness (QED) is 0.566. The van der Waals surface area contributed by atoms with Gasteiger partial charge in [0, 0.05) is 16.7 Å². The number of carbonyl (C=O) groups excluding carboxylic acids is 2. The summed E-state index contributed by atoms with van der Waals surface area (Å²) >= 11 is 6.39. The Morgan fingerprint density at radius 3 is 2.33 bits per heavy atom. The molecule has 0 aliphatic carbocycles. The highest BCUT2D eigenvalue weighted by Gasteiger charge is 2.60. The van der Waals surface area contributed by atoms with Crippen molar-refractivity contribution in [2.75, 3.05) is 5.32 Å². The van der Waals surface area contributed by atoms with E-state index in [0.717, 1.165) is 0 Å². The Morgan fingerprint density at radius 2 is 1.67 bits per heavy atom. The zero-order valence-corrected chi connectivity index (χ0v) is 17.9. The number of anilines is 1. The lowest BCUT2D eigenvalue weighted by Crippen LogP contribution is -2.45. The van der Waals surface area contributed by atoms with Crippen LogP contribution in [0.25, 0.3) is 5.76 Å². The van der Waals surface area contributed by atoms with E-state index in [-0.39, 0.29) is 27.8 Å². The molecule has 3 aromatic carbocycles. The highest BCUT2D eigenvalue weighted by Crippen LogP contribution is 2.55. The minimum atomic E-state index is -1.82. The van der Waals surface area contributed by atoms with Crippen LogP contribution < -0.4 is 11.1 Å². The fourth-order valence-electron chi connectivity index (χ4n) is 4.42. The summed E-state index contributed by atoms with van der Waals surface area (Å²) in [5.41, 5.74) is 5.80. The number of hydrogen-bond donors (Lipinski definition) is 2. The summed E-state index contributed by atoms with van der Waals surface area (Å²) < 4.78 is 5.89. The van der Waals surface area contributed by atoms with Gasteiger partial charge in [0.05, 0.1) is 16.3 Å². The molecular formula is C26H16ClN3O3. The van der Waals surface area contributed by atoms with Gasteiger partial charge in [-0.3, -0.25) is 9.59 Å². The zero-order chi connectivity index (χ0) is 23.2. The van der Waals surface area contributed by atoms with Crippen LogP contribution in [0.2, 0.25) is 5.02 Å². The summed E-state index contributed by atoms with van der Waals surface area (Å²) in [4.78, 5) is 27.8. The van der Waals surface area contributed by atoms with Gasteiger partial charge >= 0.3 is 0 Å². The first-order valence-corrected chi connectivity index (χ1v) is 10.5. The van der Waals surface area contributed by atoms with Gasteiger partial charge in [-0.25, -0.2) is 0 Å². The summed E-state index contributed by atoms with van der Waals surface area (Å²) in [5, 5.41) is 13.2. The van der Waals surface area contributed by atoms with Crippen molar-refractivity contribution >= 4 is 34.7 Å². The molecule has 160 valence electrons. The van der Waals surface area contributed by atoms with Crippen LogP contribution in [0.1, 0.15) is 21.5 Å². The van der Waals surface area contributed by atoms with Crippen LogP contribution >= 0.6 is 11.6 Å². The third-order valence-corrected chi connectivity index (χ3v) is 6.16. The maximum absolute atomic E-state index is 14.0. The maximum atomic E-state index is 14.0. The number of fused-ring (bicyclic) bond motifs is 2. The normalized spacial score (nSPS) is 19.1. The van der Waals surface area contributed by atoms with Gasteiger partial charge < -0.3 is 15.8 Å². The molecule has 0 radical (unpaired) electrons. The first kappa shape index (κ1) is 20.6. The third-order valence-electron chi connectivity index (χ3n) is 5.84. The Morgan fingerprint density at radius 1 is 1.00 bits per heavy atom. The molecule has 0 aromatic heterocycles. The average Bonchev–Trinajstić information content (AvgIpc) is 3.13. The lowest BCUT2D eigenvalue weighted by atomic mass is 9.66. The number of nitriles is 1. The van der Waals surface area contributed by atoms with E-state index >= 15 is 0 Å². The first-order chi connectivity index (χ1) is 16.0. The molecule has 0 fully saturated rings. The van der Waals surface area contributed by atoms with Gasteiger partial charge in [0.1, 0.15) is 22.8 Å². The fraction of sp³-hybridized carbons (Fsp3) is 0.0385. The molecule has 0 saturated heterocycles. The number of rotatable bonds is 3. The molecule has 0 saturated carbocycles. The Bertz CT molecular complexity index is 1420. The SMILES string of the molecule is N#CC1=C(N)OC(c2ccccc2)=C(C(=O)c2ccccc2)C12C(=O)Nc1c(Cl)cccc12. The predicted octanol–water partition coefficient (Wildman–Crippen LogP) is 4.55. The van der Waals surface area contributed by atoms with Crippen LogP contribution in [0, 0.1) is 11.3 Å². The lowest BCUT2D eigenvalue weighted by molar-refractivity contribution is -0.118. The van der Waals surface area contributed by atoms with Crippen molar-refractivity contribution in [1.29, 1.82) is 5.26 Å². The standard InChI is InChI=1S/C26H16ClN3O3/c27-19-13-7-12-17-21(19)30-25(32)26(17)18(14-28)24(29)33-23(16-10-5-2-6-11-16)20(26)22(31)15-8-3-1-4-9-15/h1-13H,29H2,(H,30,32). The Labute approximate surface area is 194 Å². The number of Topliss-reactive ketones (excluding diaryl/α,β-unsaturated/α-hetero) is 1. The number of nitrogens with zero attached hydrogens (tertiary/aromatic N) is 1. The van der Waals surface area contributed by atoms with Gasteiger partial charge in [0.2, 0.25) is 11.8 Å². The molecule has 33 heavy (non-hydrogen) atoms. The van der Waals surface area contributed by atoms with E-state index < -0.39 is 17.1 Å². The Kier molecular flexibility index (Phi) is 4.77. The third kappa shape index (κ3) is 2.87. The molecule has 5 rings (SSSR count). The van der Waals surface area contributed by atoms with E-state index in [1.807, 2.05) is 12.1 Å². The number of nitrogens with one attached hydrogen (secondary N) is 1.